The van der Waals surface area contributed by atoms with E-state index in [4.69, 9.17) is 21.1 Å². The van der Waals surface area contributed by atoms with Crippen molar-refractivity contribution in [2.24, 2.45) is 0 Å². The molecule has 0 aromatic heterocycles. The summed E-state index contributed by atoms with van der Waals surface area (Å²) in [6.45, 7) is 4.42. The summed E-state index contributed by atoms with van der Waals surface area (Å²) in [5.74, 6) is 0.917. The molecule has 0 radical (unpaired) electrons. The van der Waals surface area contributed by atoms with Crippen molar-refractivity contribution in [3.63, 3.8) is 0 Å². The van der Waals surface area contributed by atoms with Crippen molar-refractivity contribution in [1.82, 2.24) is 0 Å². The Morgan fingerprint density at radius 3 is 2.65 bits per heavy atom. The SMILES string of the molecule is CC(C)(CO)c1c(Cl)c(O)cc2c1OCCO2. The van der Waals surface area contributed by atoms with Gasteiger partial charge >= 0.3 is 0 Å². The van der Waals surface area contributed by atoms with Crippen LogP contribution in [0.4, 0.5) is 0 Å². The quantitative estimate of drug-likeness (QED) is 0.853. The predicted octanol–water partition coefficient (Wildman–Crippen LogP) is 2.09. The molecule has 1 aliphatic rings. The third-order valence-electron chi connectivity index (χ3n) is 2.82. The topological polar surface area (TPSA) is 58.9 Å². The van der Waals surface area contributed by atoms with Crippen molar-refractivity contribution in [1.29, 1.82) is 0 Å². The monoisotopic (exact) mass is 258 g/mol. The minimum absolute atomic E-state index is 0.0626. The Morgan fingerprint density at radius 1 is 1.35 bits per heavy atom. The molecule has 0 unspecified atom stereocenters. The smallest absolute Gasteiger partial charge is 0.166 e. The Labute approximate surface area is 105 Å². The average molecular weight is 259 g/mol. The molecule has 0 atom stereocenters. The van der Waals surface area contributed by atoms with Crippen LogP contribution in [0.25, 0.3) is 0 Å². The number of aliphatic hydroxyl groups is 1. The van der Waals surface area contributed by atoms with Crippen molar-refractivity contribution >= 4 is 11.6 Å². The van der Waals surface area contributed by atoms with Crippen LogP contribution in [-0.4, -0.2) is 30.0 Å². The highest BCUT2D eigenvalue weighted by atomic mass is 35.5. The maximum atomic E-state index is 9.77. The Kier molecular flexibility index (Phi) is 3.10. The number of fused-ring (bicyclic) bond motifs is 1. The van der Waals surface area contributed by atoms with Gasteiger partial charge in [-0.25, -0.2) is 0 Å². The lowest BCUT2D eigenvalue weighted by Crippen LogP contribution is -2.26. The molecule has 0 bridgehead atoms. The van der Waals surface area contributed by atoms with Crippen LogP contribution in [-0.2, 0) is 5.41 Å². The highest BCUT2D eigenvalue weighted by molar-refractivity contribution is 6.33. The van der Waals surface area contributed by atoms with E-state index in [1.54, 1.807) is 0 Å². The van der Waals surface area contributed by atoms with Gasteiger partial charge < -0.3 is 19.7 Å². The Morgan fingerprint density at radius 2 is 2.00 bits per heavy atom. The number of hydrogen-bond acceptors (Lipinski definition) is 4. The van der Waals surface area contributed by atoms with Gasteiger partial charge in [0.1, 0.15) is 19.0 Å². The molecule has 0 amide bonds. The molecule has 0 aliphatic carbocycles. The molecule has 2 rings (SSSR count). The molecular formula is C12H15ClO4. The Hall–Kier alpha value is -1.13. The number of ether oxygens (including phenoxy) is 2. The third-order valence-corrected chi connectivity index (χ3v) is 3.21. The molecule has 4 nitrogen and oxygen atoms in total. The van der Waals surface area contributed by atoms with Crippen LogP contribution in [0.5, 0.6) is 17.2 Å². The van der Waals surface area contributed by atoms with E-state index in [2.05, 4.69) is 0 Å². The molecule has 1 heterocycles. The van der Waals surface area contributed by atoms with Gasteiger partial charge in [-0.2, -0.15) is 0 Å². The summed E-state index contributed by atoms with van der Waals surface area (Å²) in [6.07, 6.45) is 0. The van der Waals surface area contributed by atoms with Crippen molar-refractivity contribution in [2.75, 3.05) is 19.8 Å². The molecule has 0 saturated heterocycles. The van der Waals surface area contributed by atoms with Crippen LogP contribution < -0.4 is 9.47 Å². The molecule has 94 valence electrons. The number of aromatic hydroxyl groups is 1. The van der Waals surface area contributed by atoms with Crippen molar-refractivity contribution in [3.8, 4) is 17.2 Å². The molecule has 5 heteroatoms. The molecule has 1 aliphatic heterocycles. The van der Waals surface area contributed by atoms with Crippen LogP contribution in [0.2, 0.25) is 5.02 Å². The van der Waals surface area contributed by atoms with Gasteiger partial charge in [0.25, 0.3) is 0 Å². The zero-order valence-corrected chi connectivity index (χ0v) is 10.5. The van der Waals surface area contributed by atoms with Crippen molar-refractivity contribution < 1.29 is 19.7 Å². The van der Waals surface area contributed by atoms with Gasteiger partial charge in [-0.15, -0.1) is 0 Å². The van der Waals surface area contributed by atoms with E-state index < -0.39 is 5.41 Å². The van der Waals surface area contributed by atoms with Crippen LogP contribution in [0.3, 0.4) is 0 Å². The van der Waals surface area contributed by atoms with Crippen LogP contribution in [0, 0.1) is 0 Å². The van der Waals surface area contributed by atoms with Gasteiger partial charge in [-0.1, -0.05) is 25.4 Å². The first-order valence-corrected chi connectivity index (χ1v) is 5.77. The summed E-state index contributed by atoms with van der Waals surface area (Å²) in [5, 5.41) is 19.4. The van der Waals surface area contributed by atoms with E-state index >= 15 is 0 Å². The number of benzene rings is 1. The maximum Gasteiger partial charge on any atom is 0.166 e. The average Bonchev–Trinajstić information content (AvgIpc) is 2.30. The summed E-state index contributed by atoms with van der Waals surface area (Å²) in [4.78, 5) is 0. The second-order valence-corrected chi connectivity index (χ2v) is 5.03. The largest absolute Gasteiger partial charge is 0.506 e. The van der Waals surface area contributed by atoms with Gasteiger partial charge in [0.05, 0.1) is 11.6 Å². The zero-order valence-electron chi connectivity index (χ0n) is 9.79. The normalized spacial score (nSPS) is 14.8. The van der Waals surface area contributed by atoms with E-state index in [1.807, 2.05) is 13.8 Å². The highest BCUT2D eigenvalue weighted by Gasteiger charge is 2.32. The lowest BCUT2D eigenvalue weighted by Gasteiger charge is -2.30. The minimum Gasteiger partial charge on any atom is -0.506 e. The van der Waals surface area contributed by atoms with Crippen molar-refractivity contribution in [2.45, 2.75) is 19.3 Å². The molecule has 0 saturated carbocycles. The Bertz CT molecular complexity index is 443. The maximum absolute atomic E-state index is 9.77. The second-order valence-electron chi connectivity index (χ2n) is 4.65. The predicted molar refractivity (Wildman–Crippen MR) is 64.2 cm³/mol. The lowest BCUT2D eigenvalue weighted by molar-refractivity contribution is 0.160. The van der Waals surface area contributed by atoms with Crippen molar-refractivity contribution in [3.05, 3.63) is 16.7 Å². The fraction of sp³-hybridized carbons (Fsp3) is 0.500. The molecule has 1 aromatic carbocycles. The minimum atomic E-state index is -0.611. The second kappa shape index (κ2) is 4.27. The molecule has 2 N–H and O–H groups in total. The fourth-order valence-electron chi connectivity index (χ4n) is 1.83. The third kappa shape index (κ3) is 2.03. The van der Waals surface area contributed by atoms with Gasteiger partial charge in [0.2, 0.25) is 0 Å². The first-order valence-electron chi connectivity index (χ1n) is 5.40. The van der Waals surface area contributed by atoms with E-state index in [-0.39, 0.29) is 17.4 Å². The number of aliphatic hydroxyl groups excluding tert-OH is 1. The van der Waals surface area contributed by atoms with E-state index in [9.17, 15) is 10.2 Å². The highest BCUT2D eigenvalue weighted by Crippen LogP contribution is 2.48. The van der Waals surface area contributed by atoms with Gasteiger partial charge in [0.15, 0.2) is 11.5 Å². The summed E-state index contributed by atoms with van der Waals surface area (Å²) in [5.41, 5.74) is -0.0305. The Balaban J connectivity index is 2.67. The van der Waals surface area contributed by atoms with E-state index in [1.165, 1.54) is 6.07 Å². The summed E-state index contributed by atoms with van der Waals surface area (Å²) < 4.78 is 11.0. The molecule has 1 aromatic rings. The molecule has 17 heavy (non-hydrogen) atoms. The molecular weight excluding hydrogens is 244 g/mol. The standard InChI is InChI=1S/C12H15ClO4/c1-12(2,6-14)9-10(13)7(15)5-8-11(9)17-4-3-16-8/h5,14-15H,3-4,6H2,1-2H3. The first kappa shape index (κ1) is 12.3. The number of halogens is 1. The van der Waals surface area contributed by atoms with Gasteiger partial charge in [-0.3, -0.25) is 0 Å². The van der Waals surface area contributed by atoms with Gasteiger partial charge in [-0.05, 0) is 0 Å². The lowest BCUT2D eigenvalue weighted by atomic mass is 9.84. The number of phenols is 1. The van der Waals surface area contributed by atoms with E-state index in [0.29, 0.717) is 30.3 Å². The van der Waals surface area contributed by atoms with Crippen LogP contribution in [0.1, 0.15) is 19.4 Å². The summed E-state index contributed by atoms with van der Waals surface area (Å²) in [6, 6.07) is 1.44. The molecule has 0 fully saturated rings. The number of hydrogen-bond donors (Lipinski definition) is 2. The number of rotatable bonds is 2. The van der Waals surface area contributed by atoms with Gasteiger partial charge in [0, 0.05) is 17.0 Å². The van der Waals surface area contributed by atoms with E-state index in [0.717, 1.165) is 0 Å². The fourth-order valence-corrected chi connectivity index (χ4v) is 2.23. The summed E-state index contributed by atoms with van der Waals surface area (Å²) >= 11 is 6.10. The zero-order chi connectivity index (χ0) is 12.6. The summed E-state index contributed by atoms with van der Waals surface area (Å²) in [7, 11) is 0. The first-order chi connectivity index (χ1) is 7.97. The van der Waals surface area contributed by atoms with Crippen LogP contribution >= 0.6 is 11.6 Å². The number of phenolic OH excluding ortho intramolecular Hbond substituents is 1. The molecule has 0 spiro atoms. The van der Waals surface area contributed by atoms with Crippen LogP contribution in [0.15, 0.2) is 6.07 Å².